The maximum atomic E-state index is 10.6. The second kappa shape index (κ2) is 6.72. The first-order valence-corrected chi connectivity index (χ1v) is 6.04. The predicted octanol–water partition coefficient (Wildman–Crippen LogP) is 2.03. The Morgan fingerprint density at radius 2 is 2.05 bits per heavy atom. The number of carboxylic acids is 1. The van der Waals surface area contributed by atoms with E-state index in [4.69, 9.17) is 19.1 Å². The van der Waals surface area contributed by atoms with Gasteiger partial charge in [0.15, 0.2) is 5.76 Å². The highest BCUT2D eigenvalue weighted by Gasteiger charge is 2.05. The first kappa shape index (κ1) is 14.1. The molecule has 0 saturated carbocycles. The maximum absolute atomic E-state index is 10.6. The van der Waals surface area contributed by atoms with Crippen LogP contribution in [0.4, 0.5) is 0 Å². The summed E-state index contributed by atoms with van der Waals surface area (Å²) < 4.78 is 15.5. The van der Waals surface area contributed by atoms with Crippen molar-refractivity contribution in [2.75, 3.05) is 7.11 Å². The van der Waals surface area contributed by atoms with Crippen molar-refractivity contribution >= 4 is 5.97 Å². The molecule has 1 N–H and O–H groups in total. The fraction of sp³-hybridized carbons (Fsp3) is 0.286. The van der Waals surface area contributed by atoms with Crippen molar-refractivity contribution in [2.24, 2.45) is 0 Å². The normalized spacial score (nSPS) is 10.4. The van der Waals surface area contributed by atoms with Crippen LogP contribution in [0.5, 0.6) is 5.75 Å². The summed E-state index contributed by atoms with van der Waals surface area (Å²) in [6.07, 6.45) is 0.00391. The van der Waals surface area contributed by atoms with E-state index >= 15 is 0 Å². The summed E-state index contributed by atoms with van der Waals surface area (Å²) in [5.74, 6) is 0.435. The van der Waals surface area contributed by atoms with Gasteiger partial charge in [0.25, 0.3) is 0 Å². The Labute approximate surface area is 115 Å². The van der Waals surface area contributed by atoms with Gasteiger partial charge in [-0.2, -0.15) is 0 Å². The summed E-state index contributed by atoms with van der Waals surface area (Å²) in [5, 5.41) is 12.5. The molecule has 0 bridgehead atoms. The predicted molar refractivity (Wildman–Crippen MR) is 69.3 cm³/mol. The Morgan fingerprint density at radius 1 is 1.30 bits per heavy atom. The number of aromatic nitrogens is 1. The van der Waals surface area contributed by atoms with E-state index < -0.39 is 5.97 Å². The van der Waals surface area contributed by atoms with Crippen LogP contribution in [0.2, 0.25) is 0 Å². The summed E-state index contributed by atoms with van der Waals surface area (Å²) in [4.78, 5) is 10.6. The molecule has 106 valence electrons. The Kier molecular flexibility index (Phi) is 4.73. The highest BCUT2D eigenvalue weighted by atomic mass is 16.5. The number of rotatable bonds is 7. The SMILES string of the molecule is COCc1cc(COc2ccc(CC(=O)O)cc2)no1. The largest absolute Gasteiger partial charge is 0.487 e. The van der Waals surface area contributed by atoms with Crippen molar-refractivity contribution < 1.29 is 23.9 Å². The minimum atomic E-state index is -0.855. The van der Waals surface area contributed by atoms with Gasteiger partial charge in [0, 0.05) is 13.2 Å². The lowest BCUT2D eigenvalue weighted by Gasteiger charge is -2.04. The fourth-order valence-corrected chi connectivity index (χ4v) is 1.67. The Morgan fingerprint density at radius 3 is 2.70 bits per heavy atom. The lowest BCUT2D eigenvalue weighted by Crippen LogP contribution is -2.00. The number of carboxylic acid groups (broad SMARTS) is 1. The van der Waals surface area contributed by atoms with E-state index in [0.29, 0.717) is 23.8 Å². The number of methoxy groups -OCH3 is 1. The molecule has 0 spiro atoms. The molecule has 0 aliphatic carbocycles. The van der Waals surface area contributed by atoms with E-state index in [1.165, 1.54) is 0 Å². The average molecular weight is 277 g/mol. The molecule has 0 amide bonds. The van der Waals surface area contributed by atoms with Crippen LogP contribution < -0.4 is 4.74 Å². The monoisotopic (exact) mass is 277 g/mol. The summed E-state index contributed by atoms with van der Waals surface area (Å²) in [5.41, 5.74) is 1.40. The van der Waals surface area contributed by atoms with Crippen LogP contribution in [-0.4, -0.2) is 23.3 Å². The molecule has 1 heterocycles. The number of nitrogens with zero attached hydrogens (tertiary/aromatic N) is 1. The van der Waals surface area contributed by atoms with Gasteiger partial charge in [-0.15, -0.1) is 0 Å². The van der Waals surface area contributed by atoms with Gasteiger partial charge in [0.2, 0.25) is 0 Å². The van der Waals surface area contributed by atoms with Crippen molar-refractivity contribution in [2.45, 2.75) is 19.6 Å². The lowest BCUT2D eigenvalue weighted by atomic mass is 10.1. The van der Waals surface area contributed by atoms with Crippen molar-refractivity contribution in [3.8, 4) is 5.75 Å². The molecular weight excluding hydrogens is 262 g/mol. The molecule has 0 atom stereocenters. The van der Waals surface area contributed by atoms with Crippen molar-refractivity contribution in [1.82, 2.24) is 5.16 Å². The first-order chi connectivity index (χ1) is 9.67. The highest BCUT2D eigenvalue weighted by molar-refractivity contribution is 5.70. The lowest BCUT2D eigenvalue weighted by molar-refractivity contribution is -0.136. The molecule has 0 radical (unpaired) electrons. The summed E-state index contributed by atoms with van der Waals surface area (Å²) in [7, 11) is 1.58. The van der Waals surface area contributed by atoms with Gasteiger partial charge in [0.05, 0.1) is 6.42 Å². The second-order valence-corrected chi connectivity index (χ2v) is 4.22. The van der Waals surface area contributed by atoms with E-state index in [1.54, 1.807) is 37.4 Å². The van der Waals surface area contributed by atoms with Crippen molar-refractivity contribution in [3.05, 3.63) is 47.3 Å². The smallest absolute Gasteiger partial charge is 0.307 e. The first-order valence-electron chi connectivity index (χ1n) is 6.04. The topological polar surface area (TPSA) is 81.8 Å². The van der Waals surface area contributed by atoms with Gasteiger partial charge in [-0.05, 0) is 17.7 Å². The molecule has 20 heavy (non-hydrogen) atoms. The Hall–Kier alpha value is -2.34. The number of ether oxygens (including phenoxy) is 2. The third-order valence-corrected chi connectivity index (χ3v) is 2.56. The number of hydrogen-bond donors (Lipinski definition) is 1. The zero-order chi connectivity index (χ0) is 14.4. The Bertz CT molecular complexity index is 561. The maximum Gasteiger partial charge on any atom is 0.307 e. The molecular formula is C14H15NO5. The van der Waals surface area contributed by atoms with Gasteiger partial charge < -0.3 is 19.1 Å². The third-order valence-electron chi connectivity index (χ3n) is 2.56. The van der Waals surface area contributed by atoms with Crippen LogP contribution in [0.15, 0.2) is 34.9 Å². The zero-order valence-electron chi connectivity index (χ0n) is 11.0. The van der Waals surface area contributed by atoms with Crippen LogP contribution in [0, 0.1) is 0 Å². The van der Waals surface area contributed by atoms with Gasteiger partial charge in [-0.3, -0.25) is 4.79 Å². The number of carbonyl (C=O) groups is 1. The molecule has 2 rings (SSSR count). The van der Waals surface area contributed by atoms with Crippen molar-refractivity contribution in [1.29, 1.82) is 0 Å². The average Bonchev–Trinajstić information content (AvgIpc) is 2.86. The van der Waals surface area contributed by atoms with E-state index in [-0.39, 0.29) is 13.0 Å². The molecule has 6 nitrogen and oxygen atoms in total. The van der Waals surface area contributed by atoms with Gasteiger partial charge in [0.1, 0.15) is 24.7 Å². The Balaban J connectivity index is 1.88. The van der Waals surface area contributed by atoms with E-state index in [1.807, 2.05) is 0 Å². The minimum absolute atomic E-state index is 0.00391. The molecule has 2 aromatic rings. The molecule has 0 unspecified atom stereocenters. The molecule has 6 heteroatoms. The molecule has 0 aliphatic heterocycles. The van der Waals surface area contributed by atoms with Crippen LogP contribution in [0.3, 0.4) is 0 Å². The molecule has 1 aromatic heterocycles. The van der Waals surface area contributed by atoms with E-state index in [2.05, 4.69) is 5.16 Å². The quantitative estimate of drug-likeness (QED) is 0.833. The van der Waals surface area contributed by atoms with Gasteiger partial charge in [-0.1, -0.05) is 17.3 Å². The molecule has 0 saturated heterocycles. The van der Waals surface area contributed by atoms with Crippen molar-refractivity contribution in [3.63, 3.8) is 0 Å². The van der Waals surface area contributed by atoms with Crippen LogP contribution >= 0.6 is 0 Å². The summed E-state index contributed by atoms with van der Waals surface area (Å²) in [6.45, 7) is 0.655. The third kappa shape index (κ3) is 4.10. The summed E-state index contributed by atoms with van der Waals surface area (Å²) >= 11 is 0. The minimum Gasteiger partial charge on any atom is -0.487 e. The second-order valence-electron chi connectivity index (χ2n) is 4.22. The van der Waals surface area contributed by atoms with Gasteiger partial charge in [-0.25, -0.2) is 0 Å². The number of benzene rings is 1. The van der Waals surface area contributed by atoms with Crippen LogP contribution in [0.1, 0.15) is 17.0 Å². The standard InChI is InChI=1S/C14H15NO5/c1-18-9-13-7-11(15-20-13)8-19-12-4-2-10(3-5-12)6-14(16)17/h2-5,7H,6,8-9H2,1H3,(H,16,17). The molecule has 0 aliphatic rings. The molecule has 0 fully saturated rings. The fourth-order valence-electron chi connectivity index (χ4n) is 1.67. The number of hydrogen-bond acceptors (Lipinski definition) is 5. The summed E-state index contributed by atoms with van der Waals surface area (Å²) in [6, 6.07) is 8.68. The zero-order valence-corrected chi connectivity index (χ0v) is 11.0. The van der Waals surface area contributed by atoms with E-state index in [9.17, 15) is 4.79 Å². The highest BCUT2D eigenvalue weighted by Crippen LogP contribution is 2.15. The molecule has 1 aromatic carbocycles. The van der Waals surface area contributed by atoms with Crippen LogP contribution in [0.25, 0.3) is 0 Å². The van der Waals surface area contributed by atoms with E-state index in [0.717, 1.165) is 5.56 Å². The number of aliphatic carboxylic acids is 1. The van der Waals surface area contributed by atoms with Gasteiger partial charge >= 0.3 is 5.97 Å². The van der Waals surface area contributed by atoms with Crippen LogP contribution in [-0.2, 0) is 29.2 Å².